The van der Waals surface area contributed by atoms with Gasteiger partial charge in [0.1, 0.15) is 11.5 Å². The molecule has 1 amide bonds. The zero-order valence-corrected chi connectivity index (χ0v) is 20.5. The Labute approximate surface area is 210 Å². The number of carbonyl (C=O) groups excluding carboxylic acids is 1. The summed E-state index contributed by atoms with van der Waals surface area (Å²) in [6.45, 7) is 4.10. The van der Waals surface area contributed by atoms with Gasteiger partial charge in [0, 0.05) is 18.4 Å². The second-order valence-electron chi connectivity index (χ2n) is 8.66. The number of hydrogen-bond acceptors (Lipinski definition) is 6. The van der Waals surface area contributed by atoms with Gasteiger partial charge in [-0.3, -0.25) is 4.79 Å². The fourth-order valence-corrected chi connectivity index (χ4v) is 4.22. The van der Waals surface area contributed by atoms with Crippen LogP contribution >= 0.6 is 0 Å². The molecule has 1 aromatic heterocycles. The van der Waals surface area contributed by atoms with Gasteiger partial charge in [0.15, 0.2) is 5.69 Å². The van der Waals surface area contributed by atoms with E-state index in [0.717, 1.165) is 28.0 Å². The van der Waals surface area contributed by atoms with Crippen molar-refractivity contribution in [3.8, 4) is 28.3 Å². The van der Waals surface area contributed by atoms with Gasteiger partial charge in [-0.05, 0) is 54.8 Å². The predicted molar refractivity (Wildman–Crippen MR) is 137 cm³/mol. The molecular formula is C29H27N3O4. The number of oxazole rings is 1. The van der Waals surface area contributed by atoms with Gasteiger partial charge < -0.3 is 13.9 Å². The fourth-order valence-electron chi connectivity index (χ4n) is 4.22. The molecular weight excluding hydrogens is 454 g/mol. The summed E-state index contributed by atoms with van der Waals surface area (Å²) in [5.41, 5.74) is 5.22. The Morgan fingerprint density at radius 1 is 0.972 bits per heavy atom. The average molecular weight is 482 g/mol. The summed E-state index contributed by atoms with van der Waals surface area (Å²) in [4.78, 5) is 17.0. The third-order valence-corrected chi connectivity index (χ3v) is 6.01. The van der Waals surface area contributed by atoms with E-state index in [1.165, 1.54) is 5.01 Å². The van der Waals surface area contributed by atoms with Crippen LogP contribution in [0.2, 0.25) is 0 Å². The molecule has 0 N–H and O–H groups in total. The number of amides is 1. The standard InChI is InChI=1S/C29H27N3O4/c1-19-16-26(33)32(31-19)18-23-14-15-24(17-25(23)21-10-6-4-7-11-21)36-29(34-3)27-20(2)35-28(30-27)22-12-8-5-9-13-22/h4-15,17,29H,16,18H2,1-3H3. The largest absolute Gasteiger partial charge is 0.459 e. The van der Waals surface area contributed by atoms with Gasteiger partial charge in [-0.1, -0.05) is 54.6 Å². The number of ether oxygens (including phenoxy) is 2. The average Bonchev–Trinajstić information content (AvgIpc) is 3.44. The molecule has 4 aromatic rings. The Balaban J connectivity index is 1.45. The summed E-state index contributed by atoms with van der Waals surface area (Å²) < 4.78 is 17.8. The number of hydrazone groups is 1. The molecule has 5 rings (SSSR count). The molecule has 1 atom stereocenters. The van der Waals surface area contributed by atoms with Crippen LogP contribution < -0.4 is 4.74 Å². The number of aryl methyl sites for hydroxylation is 1. The summed E-state index contributed by atoms with van der Waals surface area (Å²) in [6, 6.07) is 25.5. The van der Waals surface area contributed by atoms with E-state index in [1.54, 1.807) is 7.11 Å². The van der Waals surface area contributed by atoms with Gasteiger partial charge >= 0.3 is 0 Å². The normalized spacial score (nSPS) is 14.1. The number of hydrogen-bond donors (Lipinski definition) is 0. The van der Waals surface area contributed by atoms with Crippen LogP contribution in [0.3, 0.4) is 0 Å². The van der Waals surface area contributed by atoms with Crippen molar-refractivity contribution in [3.05, 3.63) is 95.9 Å². The summed E-state index contributed by atoms with van der Waals surface area (Å²) in [5.74, 6) is 1.75. The van der Waals surface area contributed by atoms with Crippen molar-refractivity contribution in [1.82, 2.24) is 9.99 Å². The minimum atomic E-state index is -0.756. The van der Waals surface area contributed by atoms with Crippen LogP contribution in [0.1, 0.15) is 36.7 Å². The summed E-state index contributed by atoms with van der Waals surface area (Å²) in [5, 5.41) is 5.92. The topological polar surface area (TPSA) is 77.2 Å². The number of rotatable bonds is 8. The molecule has 2 heterocycles. The van der Waals surface area contributed by atoms with Crippen LogP contribution in [0.4, 0.5) is 0 Å². The van der Waals surface area contributed by atoms with Crippen molar-refractivity contribution in [1.29, 1.82) is 0 Å². The van der Waals surface area contributed by atoms with Crippen molar-refractivity contribution < 1.29 is 18.7 Å². The van der Waals surface area contributed by atoms with Gasteiger partial charge in [-0.25, -0.2) is 9.99 Å². The molecule has 0 saturated heterocycles. The predicted octanol–water partition coefficient (Wildman–Crippen LogP) is 6.15. The molecule has 0 spiro atoms. The Kier molecular flexibility index (Phi) is 6.64. The minimum absolute atomic E-state index is 0.00186. The SMILES string of the molecule is COC(Oc1ccc(CN2N=C(C)CC2=O)c(-c2ccccc2)c1)c1nc(-c2ccccc2)oc1C. The van der Waals surface area contributed by atoms with Gasteiger partial charge in [-0.2, -0.15) is 5.10 Å². The molecule has 1 aliphatic heterocycles. The van der Waals surface area contributed by atoms with Crippen LogP contribution in [0, 0.1) is 6.92 Å². The first kappa shape index (κ1) is 23.5. The lowest BCUT2D eigenvalue weighted by Crippen LogP contribution is -2.20. The zero-order valence-electron chi connectivity index (χ0n) is 20.5. The molecule has 1 unspecified atom stereocenters. The Morgan fingerprint density at radius 3 is 2.31 bits per heavy atom. The van der Waals surface area contributed by atoms with Crippen molar-refractivity contribution in [2.24, 2.45) is 5.10 Å². The Hall–Kier alpha value is -4.23. The second kappa shape index (κ2) is 10.2. The molecule has 0 fully saturated rings. The quantitative estimate of drug-likeness (QED) is 0.282. The summed E-state index contributed by atoms with van der Waals surface area (Å²) in [7, 11) is 1.58. The van der Waals surface area contributed by atoms with E-state index < -0.39 is 6.29 Å². The third-order valence-electron chi connectivity index (χ3n) is 6.01. The number of benzene rings is 3. The molecule has 0 aliphatic carbocycles. The lowest BCUT2D eigenvalue weighted by Gasteiger charge is -2.19. The molecule has 0 bridgehead atoms. The molecule has 7 nitrogen and oxygen atoms in total. The highest BCUT2D eigenvalue weighted by Crippen LogP contribution is 2.33. The van der Waals surface area contributed by atoms with Gasteiger partial charge in [0.05, 0.1) is 13.0 Å². The number of carbonyl (C=O) groups is 1. The van der Waals surface area contributed by atoms with Crippen LogP contribution in [-0.2, 0) is 16.1 Å². The lowest BCUT2D eigenvalue weighted by molar-refractivity contribution is -0.129. The zero-order chi connectivity index (χ0) is 25.1. The summed E-state index contributed by atoms with van der Waals surface area (Å²) in [6.07, 6.45) is -0.396. The van der Waals surface area contributed by atoms with E-state index in [1.807, 2.05) is 92.7 Å². The van der Waals surface area contributed by atoms with Crippen LogP contribution in [0.15, 0.2) is 88.4 Å². The maximum Gasteiger partial charge on any atom is 0.248 e. The maximum atomic E-state index is 12.3. The smallest absolute Gasteiger partial charge is 0.248 e. The van der Waals surface area contributed by atoms with Gasteiger partial charge in [0.2, 0.25) is 18.1 Å². The maximum absolute atomic E-state index is 12.3. The monoisotopic (exact) mass is 481 g/mol. The first-order valence-corrected chi connectivity index (χ1v) is 11.8. The van der Waals surface area contributed by atoms with E-state index in [-0.39, 0.29) is 5.91 Å². The van der Waals surface area contributed by atoms with Crippen molar-refractivity contribution >= 4 is 11.6 Å². The third kappa shape index (κ3) is 4.92. The van der Waals surface area contributed by atoms with E-state index in [2.05, 4.69) is 10.1 Å². The minimum Gasteiger partial charge on any atom is -0.459 e. The van der Waals surface area contributed by atoms with E-state index in [4.69, 9.17) is 13.9 Å². The van der Waals surface area contributed by atoms with Gasteiger partial charge in [-0.15, -0.1) is 0 Å². The number of aromatic nitrogens is 1. The van der Waals surface area contributed by atoms with Crippen LogP contribution in [-0.4, -0.2) is 28.7 Å². The van der Waals surface area contributed by atoms with E-state index in [0.29, 0.717) is 36.1 Å². The molecule has 0 radical (unpaired) electrons. The lowest BCUT2D eigenvalue weighted by atomic mass is 9.99. The Morgan fingerprint density at radius 2 is 1.67 bits per heavy atom. The van der Waals surface area contributed by atoms with E-state index >= 15 is 0 Å². The molecule has 182 valence electrons. The molecule has 1 aliphatic rings. The molecule has 36 heavy (non-hydrogen) atoms. The van der Waals surface area contributed by atoms with Crippen molar-refractivity contribution in [3.63, 3.8) is 0 Å². The highest BCUT2D eigenvalue weighted by Gasteiger charge is 2.25. The molecule has 0 saturated carbocycles. The first-order valence-electron chi connectivity index (χ1n) is 11.8. The Bertz CT molecular complexity index is 1400. The number of nitrogens with zero attached hydrogens (tertiary/aromatic N) is 3. The highest BCUT2D eigenvalue weighted by molar-refractivity contribution is 6.03. The van der Waals surface area contributed by atoms with Crippen molar-refractivity contribution in [2.75, 3.05) is 7.11 Å². The molecule has 3 aromatic carbocycles. The summed E-state index contributed by atoms with van der Waals surface area (Å²) >= 11 is 0. The number of methoxy groups -OCH3 is 1. The van der Waals surface area contributed by atoms with E-state index in [9.17, 15) is 4.79 Å². The van der Waals surface area contributed by atoms with Gasteiger partial charge in [0.25, 0.3) is 0 Å². The first-order chi connectivity index (χ1) is 17.5. The second-order valence-corrected chi connectivity index (χ2v) is 8.66. The van der Waals surface area contributed by atoms with Crippen LogP contribution in [0.5, 0.6) is 5.75 Å². The van der Waals surface area contributed by atoms with Crippen LogP contribution in [0.25, 0.3) is 22.6 Å². The highest BCUT2D eigenvalue weighted by atomic mass is 16.7. The van der Waals surface area contributed by atoms with Crippen molar-refractivity contribution in [2.45, 2.75) is 33.1 Å². The molecule has 7 heteroatoms. The fraction of sp³-hybridized carbons (Fsp3) is 0.207.